The molecule has 1 aliphatic heterocycles. The Bertz CT molecular complexity index is 667. The Morgan fingerprint density at radius 2 is 2.00 bits per heavy atom. The first-order valence-corrected chi connectivity index (χ1v) is 7.94. The lowest BCUT2D eigenvalue weighted by Crippen LogP contribution is -2.29. The first-order chi connectivity index (χ1) is 10.6. The lowest BCUT2D eigenvalue weighted by atomic mass is 10.2. The van der Waals surface area contributed by atoms with Crippen LogP contribution in [0.1, 0.15) is 26.5 Å². The van der Waals surface area contributed by atoms with Gasteiger partial charge in [-0.05, 0) is 42.1 Å². The Balaban J connectivity index is 1.65. The summed E-state index contributed by atoms with van der Waals surface area (Å²) in [7, 11) is 0. The number of hydrogen-bond donors (Lipinski definition) is 2. The van der Waals surface area contributed by atoms with Crippen molar-refractivity contribution in [3.8, 4) is 0 Å². The summed E-state index contributed by atoms with van der Waals surface area (Å²) in [5, 5.41) is 14.1. The molecule has 114 valence electrons. The SMILES string of the molecule is O=C(Nc1ccc(C(=O)N2CC[C@@H](O)C2)cc1)c1cccs1. The number of nitrogens with one attached hydrogen (secondary N) is 1. The summed E-state index contributed by atoms with van der Waals surface area (Å²) in [5.74, 6) is -0.246. The van der Waals surface area contributed by atoms with Crippen LogP contribution in [0.15, 0.2) is 41.8 Å². The van der Waals surface area contributed by atoms with E-state index < -0.39 is 6.10 Å². The van der Waals surface area contributed by atoms with Crippen molar-refractivity contribution in [1.82, 2.24) is 4.90 Å². The van der Waals surface area contributed by atoms with Crippen LogP contribution in [0.5, 0.6) is 0 Å². The fraction of sp³-hybridized carbons (Fsp3) is 0.250. The van der Waals surface area contributed by atoms with Crippen LogP contribution in [0.25, 0.3) is 0 Å². The normalized spacial score (nSPS) is 17.5. The molecule has 0 saturated carbocycles. The van der Waals surface area contributed by atoms with Gasteiger partial charge in [0.25, 0.3) is 11.8 Å². The highest BCUT2D eigenvalue weighted by Crippen LogP contribution is 2.17. The van der Waals surface area contributed by atoms with E-state index in [-0.39, 0.29) is 11.8 Å². The molecule has 6 heteroatoms. The van der Waals surface area contributed by atoms with Crippen molar-refractivity contribution in [1.29, 1.82) is 0 Å². The maximum atomic E-state index is 12.2. The fourth-order valence-corrected chi connectivity index (χ4v) is 3.02. The van der Waals surface area contributed by atoms with Gasteiger partial charge in [-0.3, -0.25) is 9.59 Å². The van der Waals surface area contributed by atoms with Crippen LogP contribution in [0, 0.1) is 0 Å². The summed E-state index contributed by atoms with van der Waals surface area (Å²) >= 11 is 1.38. The minimum atomic E-state index is -0.423. The average molecular weight is 316 g/mol. The summed E-state index contributed by atoms with van der Waals surface area (Å²) < 4.78 is 0. The van der Waals surface area contributed by atoms with Crippen LogP contribution in [0.3, 0.4) is 0 Å². The van der Waals surface area contributed by atoms with Gasteiger partial charge in [-0.2, -0.15) is 0 Å². The lowest BCUT2D eigenvalue weighted by molar-refractivity contribution is 0.0765. The smallest absolute Gasteiger partial charge is 0.265 e. The van der Waals surface area contributed by atoms with Crippen molar-refractivity contribution in [2.75, 3.05) is 18.4 Å². The van der Waals surface area contributed by atoms with Gasteiger partial charge in [-0.15, -0.1) is 11.3 Å². The fourth-order valence-electron chi connectivity index (χ4n) is 2.41. The van der Waals surface area contributed by atoms with E-state index >= 15 is 0 Å². The number of aliphatic hydroxyl groups excluding tert-OH is 1. The minimum Gasteiger partial charge on any atom is -0.391 e. The summed E-state index contributed by atoms with van der Waals surface area (Å²) in [5.41, 5.74) is 1.21. The molecule has 5 nitrogen and oxygen atoms in total. The van der Waals surface area contributed by atoms with Crippen molar-refractivity contribution in [3.63, 3.8) is 0 Å². The average Bonchev–Trinajstić information content (AvgIpc) is 3.18. The zero-order chi connectivity index (χ0) is 15.5. The molecule has 0 unspecified atom stereocenters. The molecule has 0 bridgehead atoms. The zero-order valence-electron chi connectivity index (χ0n) is 11.9. The number of amides is 2. The molecule has 2 aromatic rings. The van der Waals surface area contributed by atoms with E-state index in [1.54, 1.807) is 35.2 Å². The van der Waals surface area contributed by atoms with Gasteiger partial charge in [-0.25, -0.2) is 0 Å². The van der Waals surface area contributed by atoms with Crippen LogP contribution in [-0.2, 0) is 0 Å². The lowest BCUT2D eigenvalue weighted by Gasteiger charge is -2.15. The molecule has 3 rings (SSSR count). The van der Waals surface area contributed by atoms with Crippen molar-refractivity contribution in [3.05, 3.63) is 52.2 Å². The summed E-state index contributed by atoms with van der Waals surface area (Å²) in [4.78, 5) is 26.5. The Morgan fingerprint density at radius 1 is 1.23 bits per heavy atom. The monoisotopic (exact) mass is 316 g/mol. The molecule has 1 aliphatic rings. The van der Waals surface area contributed by atoms with Gasteiger partial charge < -0.3 is 15.3 Å². The second-order valence-corrected chi connectivity index (χ2v) is 6.15. The van der Waals surface area contributed by atoms with Gasteiger partial charge in [0.2, 0.25) is 0 Å². The van der Waals surface area contributed by atoms with Gasteiger partial charge in [0, 0.05) is 24.3 Å². The summed E-state index contributed by atoms with van der Waals surface area (Å²) in [6, 6.07) is 10.4. The third kappa shape index (κ3) is 3.18. The molecule has 22 heavy (non-hydrogen) atoms. The molecule has 2 amide bonds. The topological polar surface area (TPSA) is 69.6 Å². The molecule has 0 spiro atoms. The molecule has 1 aromatic heterocycles. The number of likely N-dealkylation sites (tertiary alicyclic amines) is 1. The Kier molecular flexibility index (Phi) is 4.22. The van der Waals surface area contributed by atoms with E-state index in [0.717, 1.165) is 0 Å². The van der Waals surface area contributed by atoms with Crippen LogP contribution < -0.4 is 5.32 Å². The maximum Gasteiger partial charge on any atom is 0.265 e. The van der Waals surface area contributed by atoms with E-state index in [4.69, 9.17) is 0 Å². The zero-order valence-corrected chi connectivity index (χ0v) is 12.7. The number of β-amino-alcohol motifs (C(OH)–C–C–N with tert-alkyl or cyclic N) is 1. The van der Waals surface area contributed by atoms with Gasteiger partial charge in [0.05, 0.1) is 11.0 Å². The van der Waals surface area contributed by atoms with Crippen LogP contribution >= 0.6 is 11.3 Å². The molecule has 0 aliphatic carbocycles. The molecular formula is C16H16N2O3S. The highest BCUT2D eigenvalue weighted by Gasteiger charge is 2.25. The minimum absolute atomic E-state index is 0.0901. The van der Waals surface area contributed by atoms with Crippen LogP contribution in [-0.4, -0.2) is 41.0 Å². The van der Waals surface area contributed by atoms with Crippen molar-refractivity contribution >= 4 is 28.8 Å². The van der Waals surface area contributed by atoms with Crippen molar-refractivity contribution < 1.29 is 14.7 Å². The number of aliphatic hydroxyl groups is 1. The predicted molar refractivity (Wildman–Crippen MR) is 85.2 cm³/mol. The molecular weight excluding hydrogens is 300 g/mol. The molecule has 1 aromatic carbocycles. The quantitative estimate of drug-likeness (QED) is 0.912. The van der Waals surface area contributed by atoms with Gasteiger partial charge in [0.15, 0.2) is 0 Å². The number of benzene rings is 1. The summed E-state index contributed by atoms with van der Waals surface area (Å²) in [6.45, 7) is 0.965. The third-order valence-corrected chi connectivity index (χ3v) is 4.45. The first-order valence-electron chi connectivity index (χ1n) is 7.06. The Hall–Kier alpha value is -2.18. The summed E-state index contributed by atoms with van der Waals surface area (Å²) in [6.07, 6.45) is 0.203. The predicted octanol–water partition coefficient (Wildman–Crippen LogP) is 2.21. The molecule has 0 radical (unpaired) electrons. The largest absolute Gasteiger partial charge is 0.391 e. The number of thiophene rings is 1. The Morgan fingerprint density at radius 3 is 2.59 bits per heavy atom. The van der Waals surface area contributed by atoms with Gasteiger partial charge in [0.1, 0.15) is 0 Å². The molecule has 1 atom stereocenters. The van der Waals surface area contributed by atoms with E-state index in [9.17, 15) is 14.7 Å². The van der Waals surface area contributed by atoms with Gasteiger partial charge in [-0.1, -0.05) is 6.07 Å². The number of nitrogens with zero attached hydrogens (tertiary/aromatic N) is 1. The van der Waals surface area contributed by atoms with E-state index in [1.807, 2.05) is 11.4 Å². The molecule has 2 heterocycles. The van der Waals surface area contributed by atoms with Gasteiger partial charge >= 0.3 is 0 Å². The Labute approximate surface area is 132 Å². The van der Waals surface area contributed by atoms with Crippen LogP contribution in [0.2, 0.25) is 0 Å². The number of anilines is 1. The third-order valence-electron chi connectivity index (χ3n) is 3.59. The maximum absolute atomic E-state index is 12.2. The van der Waals surface area contributed by atoms with Crippen molar-refractivity contribution in [2.24, 2.45) is 0 Å². The highest BCUT2D eigenvalue weighted by atomic mass is 32.1. The second kappa shape index (κ2) is 6.29. The molecule has 1 saturated heterocycles. The van der Waals surface area contributed by atoms with E-state index in [2.05, 4.69) is 5.32 Å². The highest BCUT2D eigenvalue weighted by molar-refractivity contribution is 7.12. The molecule has 2 N–H and O–H groups in total. The van der Waals surface area contributed by atoms with E-state index in [1.165, 1.54) is 11.3 Å². The number of rotatable bonds is 3. The number of carbonyl (C=O) groups excluding carboxylic acids is 2. The second-order valence-electron chi connectivity index (χ2n) is 5.20. The van der Waals surface area contributed by atoms with Crippen molar-refractivity contribution in [2.45, 2.75) is 12.5 Å². The first kappa shape index (κ1) is 14.7. The molecule has 1 fully saturated rings. The van der Waals surface area contributed by atoms with Crippen LogP contribution in [0.4, 0.5) is 5.69 Å². The standard InChI is InChI=1S/C16H16N2O3S/c19-13-7-8-18(10-13)16(21)11-3-5-12(6-4-11)17-15(20)14-2-1-9-22-14/h1-6,9,13,19H,7-8,10H2,(H,17,20)/t13-/m1/s1. The number of hydrogen-bond acceptors (Lipinski definition) is 4. The number of carbonyl (C=O) groups is 2. The van der Waals surface area contributed by atoms with E-state index in [0.29, 0.717) is 35.6 Å².